The van der Waals surface area contributed by atoms with Gasteiger partial charge in [0.25, 0.3) is 0 Å². The second kappa shape index (κ2) is 6.60. The Bertz CT molecular complexity index is 602. The highest BCUT2D eigenvalue weighted by Gasteiger charge is 2.17. The summed E-state index contributed by atoms with van der Waals surface area (Å²) in [6, 6.07) is 10.0. The van der Waals surface area contributed by atoms with Crippen molar-refractivity contribution in [1.82, 2.24) is 5.43 Å². The Balaban J connectivity index is 2.31. The normalized spacial score (nSPS) is 12.5. The Labute approximate surface area is 120 Å². The molecule has 0 heterocycles. The zero-order chi connectivity index (χ0) is 15.4. The van der Waals surface area contributed by atoms with Crippen LogP contribution in [0, 0.1) is 12.7 Å². The maximum atomic E-state index is 13.9. The van der Waals surface area contributed by atoms with Crippen LogP contribution in [0.4, 0.5) is 13.2 Å². The minimum Gasteiger partial charge on any atom is -0.435 e. The van der Waals surface area contributed by atoms with Crippen LogP contribution in [0.2, 0.25) is 0 Å². The molecular formula is C15H15F3N2O. The minimum absolute atomic E-state index is 0.0363. The number of benzene rings is 2. The monoisotopic (exact) mass is 296 g/mol. The Morgan fingerprint density at radius 3 is 2.33 bits per heavy atom. The largest absolute Gasteiger partial charge is 0.435 e. The molecule has 0 aromatic heterocycles. The molecule has 0 saturated heterocycles. The first-order chi connectivity index (χ1) is 10.0. The molecular weight excluding hydrogens is 281 g/mol. The van der Waals surface area contributed by atoms with E-state index in [9.17, 15) is 13.2 Å². The van der Waals surface area contributed by atoms with Crippen LogP contribution in [-0.2, 0) is 0 Å². The van der Waals surface area contributed by atoms with Gasteiger partial charge < -0.3 is 4.74 Å². The zero-order valence-corrected chi connectivity index (χ0v) is 11.3. The van der Waals surface area contributed by atoms with Crippen LogP contribution < -0.4 is 16.0 Å². The quantitative estimate of drug-likeness (QED) is 0.657. The van der Waals surface area contributed by atoms with Gasteiger partial charge in [-0.05, 0) is 30.7 Å². The molecule has 0 radical (unpaired) electrons. The van der Waals surface area contributed by atoms with Gasteiger partial charge in [-0.15, -0.1) is 0 Å². The summed E-state index contributed by atoms with van der Waals surface area (Å²) in [7, 11) is 0. The third-order valence-electron chi connectivity index (χ3n) is 3.07. The van der Waals surface area contributed by atoms with Crippen molar-refractivity contribution >= 4 is 0 Å². The first kappa shape index (κ1) is 15.3. The fourth-order valence-electron chi connectivity index (χ4n) is 2.09. The van der Waals surface area contributed by atoms with E-state index in [-0.39, 0.29) is 5.75 Å². The van der Waals surface area contributed by atoms with Crippen LogP contribution in [0.15, 0.2) is 42.5 Å². The standard InChI is InChI=1S/C15H15F3N2O/c1-9-2-7-13(16)12(8-9)14(20-19)10-3-5-11(6-4-10)21-15(17)18/h2-8,14-15,20H,19H2,1H3. The predicted molar refractivity (Wildman–Crippen MR) is 73.4 cm³/mol. The summed E-state index contributed by atoms with van der Waals surface area (Å²) in [5, 5.41) is 0. The number of aryl methyl sites for hydroxylation is 1. The van der Waals surface area contributed by atoms with E-state index in [4.69, 9.17) is 5.84 Å². The third-order valence-corrected chi connectivity index (χ3v) is 3.07. The van der Waals surface area contributed by atoms with Gasteiger partial charge >= 0.3 is 6.61 Å². The fourth-order valence-corrected chi connectivity index (χ4v) is 2.09. The summed E-state index contributed by atoms with van der Waals surface area (Å²) in [5.74, 6) is 5.15. The first-order valence-electron chi connectivity index (χ1n) is 6.28. The lowest BCUT2D eigenvalue weighted by molar-refractivity contribution is -0.0498. The third kappa shape index (κ3) is 3.74. The Hall–Kier alpha value is -2.05. The van der Waals surface area contributed by atoms with Crippen LogP contribution in [0.5, 0.6) is 5.75 Å². The molecule has 2 aromatic rings. The number of hydrazine groups is 1. The number of nitrogens with one attached hydrogen (secondary N) is 1. The molecule has 0 fully saturated rings. The zero-order valence-electron chi connectivity index (χ0n) is 11.3. The van der Waals surface area contributed by atoms with E-state index >= 15 is 0 Å². The SMILES string of the molecule is Cc1ccc(F)c(C(NN)c2ccc(OC(F)F)cc2)c1. The summed E-state index contributed by atoms with van der Waals surface area (Å²) in [4.78, 5) is 0. The van der Waals surface area contributed by atoms with Crippen molar-refractivity contribution in [1.29, 1.82) is 0 Å². The highest BCUT2D eigenvalue weighted by atomic mass is 19.3. The van der Waals surface area contributed by atoms with E-state index < -0.39 is 18.5 Å². The van der Waals surface area contributed by atoms with Crippen LogP contribution in [-0.4, -0.2) is 6.61 Å². The number of hydrogen-bond acceptors (Lipinski definition) is 3. The average Bonchev–Trinajstić information content (AvgIpc) is 2.44. The fraction of sp³-hybridized carbons (Fsp3) is 0.200. The molecule has 0 bridgehead atoms. The molecule has 1 unspecified atom stereocenters. The van der Waals surface area contributed by atoms with E-state index in [1.54, 1.807) is 24.3 Å². The highest BCUT2D eigenvalue weighted by Crippen LogP contribution is 2.26. The van der Waals surface area contributed by atoms with Gasteiger partial charge in [0.2, 0.25) is 0 Å². The van der Waals surface area contributed by atoms with Crippen molar-refractivity contribution in [3.05, 3.63) is 65.0 Å². The molecule has 21 heavy (non-hydrogen) atoms. The van der Waals surface area contributed by atoms with Crippen molar-refractivity contribution in [2.75, 3.05) is 0 Å². The topological polar surface area (TPSA) is 47.3 Å². The van der Waals surface area contributed by atoms with Gasteiger partial charge in [-0.3, -0.25) is 5.84 Å². The van der Waals surface area contributed by atoms with E-state index in [1.165, 1.54) is 18.2 Å². The molecule has 0 saturated carbocycles. The van der Waals surface area contributed by atoms with Crippen molar-refractivity contribution < 1.29 is 17.9 Å². The van der Waals surface area contributed by atoms with Crippen molar-refractivity contribution in [2.24, 2.45) is 5.84 Å². The van der Waals surface area contributed by atoms with E-state index in [0.717, 1.165) is 5.56 Å². The van der Waals surface area contributed by atoms with Crippen molar-refractivity contribution in [2.45, 2.75) is 19.6 Å². The number of rotatable bonds is 5. The minimum atomic E-state index is -2.88. The molecule has 2 aromatic carbocycles. The molecule has 3 N–H and O–H groups in total. The molecule has 0 spiro atoms. The molecule has 6 heteroatoms. The van der Waals surface area contributed by atoms with Crippen LogP contribution in [0.1, 0.15) is 22.7 Å². The smallest absolute Gasteiger partial charge is 0.387 e. The number of halogens is 3. The molecule has 0 aliphatic rings. The van der Waals surface area contributed by atoms with Crippen LogP contribution >= 0.6 is 0 Å². The average molecular weight is 296 g/mol. The second-order valence-corrected chi connectivity index (χ2v) is 4.57. The predicted octanol–water partition coefficient (Wildman–Crippen LogP) is 3.29. The van der Waals surface area contributed by atoms with Crippen LogP contribution in [0.25, 0.3) is 0 Å². The maximum absolute atomic E-state index is 13.9. The summed E-state index contributed by atoms with van der Waals surface area (Å²) in [6.07, 6.45) is 0. The molecule has 2 rings (SSSR count). The van der Waals surface area contributed by atoms with E-state index in [2.05, 4.69) is 10.2 Å². The number of hydrogen-bond donors (Lipinski definition) is 2. The summed E-state index contributed by atoms with van der Waals surface area (Å²) >= 11 is 0. The van der Waals surface area contributed by atoms with E-state index in [1.807, 2.05) is 6.92 Å². The number of ether oxygens (including phenoxy) is 1. The highest BCUT2D eigenvalue weighted by molar-refractivity contribution is 5.37. The second-order valence-electron chi connectivity index (χ2n) is 4.57. The molecule has 112 valence electrons. The van der Waals surface area contributed by atoms with Gasteiger partial charge in [-0.25, -0.2) is 9.82 Å². The summed E-state index contributed by atoms with van der Waals surface area (Å²) in [5.41, 5.74) is 4.46. The Morgan fingerprint density at radius 2 is 1.76 bits per heavy atom. The molecule has 0 amide bonds. The van der Waals surface area contributed by atoms with Gasteiger partial charge in [0.05, 0.1) is 6.04 Å². The maximum Gasteiger partial charge on any atom is 0.387 e. The van der Waals surface area contributed by atoms with Crippen LogP contribution in [0.3, 0.4) is 0 Å². The van der Waals surface area contributed by atoms with Gasteiger partial charge in [0, 0.05) is 5.56 Å². The summed E-state index contributed by atoms with van der Waals surface area (Å²) in [6.45, 7) is -1.04. The molecule has 3 nitrogen and oxygen atoms in total. The molecule has 1 atom stereocenters. The Morgan fingerprint density at radius 1 is 1.10 bits per heavy atom. The van der Waals surface area contributed by atoms with Gasteiger partial charge in [0.1, 0.15) is 11.6 Å². The lowest BCUT2D eigenvalue weighted by Gasteiger charge is -2.18. The van der Waals surface area contributed by atoms with Crippen molar-refractivity contribution in [3.63, 3.8) is 0 Å². The Kier molecular flexibility index (Phi) is 4.82. The van der Waals surface area contributed by atoms with Crippen molar-refractivity contribution in [3.8, 4) is 5.75 Å². The number of nitrogens with two attached hydrogens (primary N) is 1. The number of alkyl halides is 2. The van der Waals surface area contributed by atoms with Gasteiger partial charge in [-0.2, -0.15) is 8.78 Å². The van der Waals surface area contributed by atoms with Gasteiger partial charge in [-0.1, -0.05) is 29.8 Å². The van der Waals surface area contributed by atoms with Gasteiger partial charge in [0.15, 0.2) is 0 Å². The van der Waals surface area contributed by atoms with E-state index in [0.29, 0.717) is 11.1 Å². The lowest BCUT2D eigenvalue weighted by Crippen LogP contribution is -2.29. The molecule has 0 aliphatic heterocycles. The lowest BCUT2D eigenvalue weighted by atomic mass is 9.97. The summed E-state index contributed by atoms with van der Waals surface area (Å²) < 4.78 is 42.4. The molecule has 0 aliphatic carbocycles. The first-order valence-corrected chi connectivity index (χ1v) is 6.28.